The maximum Gasteiger partial charge on any atom is 0.323 e. The summed E-state index contributed by atoms with van der Waals surface area (Å²) in [6.07, 6.45) is 0.758. The first-order valence-corrected chi connectivity index (χ1v) is 8.04. The van der Waals surface area contributed by atoms with Gasteiger partial charge in [0.25, 0.3) is 0 Å². The molecule has 0 aromatic heterocycles. The molecule has 0 saturated heterocycles. The van der Waals surface area contributed by atoms with Crippen molar-refractivity contribution in [2.75, 3.05) is 10.6 Å². The summed E-state index contributed by atoms with van der Waals surface area (Å²) in [6.45, 7) is 0. The normalized spacial score (nSPS) is 10.2. The van der Waals surface area contributed by atoms with Gasteiger partial charge in [0, 0.05) is 16.4 Å². The number of halogens is 1. The summed E-state index contributed by atoms with van der Waals surface area (Å²) in [5.74, 6) is 0. The summed E-state index contributed by atoms with van der Waals surface area (Å²) in [6, 6.07) is 24.7. The van der Waals surface area contributed by atoms with Crippen LogP contribution in [0.2, 0.25) is 5.02 Å². The van der Waals surface area contributed by atoms with E-state index in [1.165, 1.54) is 5.56 Å². The molecular formula is C20H17ClN2O. The number of amides is 2. The van der Waals surface area contributed by atoms with Crippen LogP contribution in [0.3, 0.4) is 0 Å². The summed E-state index contributed by atoms with van der Waals surface area (Å²) < 4.78 is 0. The van der Waals surface area contributed by atoms with Crippen molar-refractivity contribution in [2.24, 2.45) is 0 Å². The van der Waals surface area contributed by atoms with Crippen molar-refractivity contribution in [3.63, 3.8) is 0 Å². The first-order valence-electron chi connectivity index (χ1n) is 7.66. The topological polar surface area (TPSA) is 41.1 Å². The average Bonchev–Trinajstić information content (AvgIpc) is 2.57. The zero-order valence-corrected chi connectivity index (χ0v) is 13.8. The lowest BCUT2D eigenvalue weighted by Gasteiger charge is -2.12. The van der Waals surface area contributed by atoms with E-state index in [0.717, 1.165) is 17.7 Å². The van der Waals surface area contributed by atoms with Gasteiger partial charge in [-0.3, -0.25) is 0 Å². The molecule has 3 aromatic carbocycles. The van der Waals surface area contributed by atoms with E-state index in [4.69, 9.17) is 11.6 Å². The molecule has 0 aliphatic heterocycles. The predicted octanol–water partition coefficient (Wildman–Crippen LogP) is 5.57. The molecule has 3 nitrogen and oxygen atoms in total. The molecule has 0 fully saturated rings. The van der Waals surface area contributed by atoms with Crippen molar-refractivity contribution in [3.05, 3.63) is 95.0 Å². The molecule has 3 rings (SSSR count). The van der Waals surface area contributed by atoms with E-state index in [2.05, 4.69) is 22.8 Å². The third kappa shape index (κ3) is 4.37. The van der Waals surface area contributed by atoms with Gasteiger partial charge in [-0.15, -0.1) is 0 Å². The van der Waals surface area contributed by atoms with Crippen LogP contribution < -0.4 is 10.6 Å². The Balaban J connectivity index is 1.72. The Kier molecular flexibility index (Phi) is 5.14. The van der Waals surface area contributed by atoms with Crippen molar-refractivity contribution >= 4 is 29.0 Å². The van der Waals surface area contributed by atoms with Gasteiger partial charge in [-0.05, 0) is 41.8 Å². The molecule has 0 aliphatic carbocycles. The molecular weight excluding hydrogens is 320 g/mol. The number of carbonyl (C=O) groups is 1. The summed E-state index contributed by atoms with van der Waals surface area (Å²) in [7, 11) is 0. The molecule has 3 aromatic rings. The average molecular weight is 337 g/mol. The Morgan fingerprint density at radius 3 is 2.38 bits per heavy atom. The van der Waals surface area contributed by atoms with Crippen LogP contribution in [0, 0.1) is 0 Å². The molecule has 24 heavy (non-hydrogen) atoms. The van der Waals surface area contributed by atoms with E-state index in [-0.39, 0.29) is 6.03 Å². The van der Waals surface area contributed by atoms with Crippen LogP contribution in [0.1, 0.15) is 11.1 Å². The molecule has 0 bridgehead atoms. The lowest BCUT2D eigenvalue weighted by molar-refractivity contribution is 0.262. The zero-order valence-electron chi connectivity index (χ0n) is 13.0. The van der Waals surface area contributed by atoms with Crippen molar-refractivity contribution in [1.82, 2.24) is 0 Å². The minimum absolute atomic E-state index is 0.294. The second-order valence-electron chi connectivity index (χ2n) is 5.41. The summed E-state index contributed by atoms with van der Waals surface area (Å²) in [4.78, 5) is 12.2. The molecule has 0 atom stereocenters. The maximum atomic E-state index is 12.2. The molecule has 0 radical (unpaired) electrons. The fraction of sp³-hybridized carbons (Fsp3) is 0.0500. The van der Waals surface area contributed by atoms with Gasteiger partial charge in [-0.2, -0.15) is 0 Å². The fourth-order valence-electron chi connectivity index (χ4n) is 2.46. The lowest BCUT2D eigenvalue weighted by atomic mass is 10.0. The van der Waals surface area contributed by atoms with Crippen LogP contribution in [0.5, 0.6) is 0 Å². The van der Waals surface area contributed by atoms with E-state index < -0.39 is 0 Å². The smallest absolute Gasteiger partial charge is 0.308 e. The number of urea groups is 1. The van der Waals surface area contributed by atoms with Crippen molar-refractivity contribution in [2.45, 2.75) is 6.42 Å². The summed E-state index contributed by atoms with van der Waals surface area (Å²) in [5.41, 5.74) is 3.70. The number of hydrogen-bond acceptors (Lipinski definition) is 1. The van der Waals surface area contributed by atoms with Crippen LogP contribution in [-0.2, 0) is 6.42 Å². The third-order valence-electron chi connectivity index (χ3n) is 3.59. The number of carbonyl (C=O) groups excluding carboxylic acids is 1. The first-order chi connectivity index (χ1) is 11.7. The van der Waals surface area contributed by atoms with E-state index in [0.29, 0.717) is 10.7 Å². The minimum atomic E-state index is -0.294. The lowest BCUT2D eigenvalue weighted by Crippen LogP contribution is -2.20. The predicted molar refractivity (Wildman–Crippen MR) is 99.8 cm³/mol. The van der Waals surface area contributed by atoms with Gasteiger partial charge < -0.3 is 10.6 Å². The van der Waals surface area contributed by atoms with Gasteiger partial charge in [0.15, 0.2) is 0 Å². The number of rotatable bonds is 4. The van der Waals surface area contributed by atoms with Crippen LogP contribution >= 0.6 is 11.6 Å². The van der Waals surface area contributed by atoms with Crippen molar-refractivity contribution < 1.29 is 4.79 Å². The van der Waals surface area contributed by atoms with Crippen LogP contribution in [0.4, 0.5) is 16.2 Å². The third-order valence-corrected chi connectivity index (χ3v) is 3.82. The summed E-state index contributed by atoms with van der Waals surface area (Å²) >= 11 is 5.93. The molecule has 0 aliphatic rings. The molecule has 0 saturated carbocycles. The Labute approximate surface area is 146 Å². The second-order valence-corrected chi connectivity index (χ2v) is 5.85. The standard InChI is InChI=1S/C20H17ClN2O/c21-17-10-6-11-18(14-17)22-20(24)23-19-12-5-4-9-16(19)13-15-7-2-1-3-8-15/h1-12,14H,13H2,(H2,22,23,24). The van der Waals surface area contributed by atoms with E-state index in [1.54, 1.807) is 24.3 Å². The SMILES string of the molecule is O=C(Nc1cccc(Cl)c1)Nc1ccccc1Cc1ccccc1. The number of anilines is 2. The van der Waals surface area contributed by atoms with Gasteiger partial charge in [-0.1, -0.05) is 66.2 Å². The second kappa shape index (κ2) is 7.66. The van der Waals surface area contributed by atoms with Crippen LogP contribution in [-0.4, -0.2) is 6.03 Å². The Morgan fingerprint density at radius 1 is 0.833 bits per heavy atom. The molecule has 4 heteroatoms. The molecule has 0 unspecified atom stereocenters. The molecule has 2 amide bonds. The number of nitrogens with one attached hydrogen (secondary N) is 2. The first kappa shape index (κ1) is 16.1. The minimum Gasteiger partial charge on any atom is -0.308 e. The Hall–Kier alpha value is -2.78. The quantitative estimate of drug-likeness (QED) is 0.642. The molecule has 0 spiro atoms. The Morgan fingerprint density at radius 2 is 1.58 bits per heavy atom. The van der Waals surface area contributed by atoms with Crippen LogP contribution in [0.15, 0.2) is 78.9 Å². The highest BCUT2D eigenvalue weighted by molar-refractivity contribution is 6.30. The van der Waals surface area contributed by atoms with E-state index in [1.807, 2.05) is 42.5 Å². The largest absolute Gasteiger partial charge is 0.323 e. The van der Waals surface area contributed by atoms with E-state index >= 15 is 0 Å². The molecule has 120 valence electrons. The van der Waals surface area contributed by atoms with Crippen molar-refractivity contribution in [1.29, 1.82) is 0 Å². The number of para-hydroxylation sites is 1. The zero-order chi connectivity index (χ0) is 16.8. The highest BCUT2D eigenvalue weighted by Gasteiger charge is 2.07. The number of benzene rings is 3. The van der Waals surface area contributed by atoms with Gasteiger partial charge >= 0.3 is 6.03 Å². The van der Waals surface area contributed by atoms with Crippen molar-refractivity contribution in [3.8, 4) is 0 Å². The van der Waals surface area contributed by atoms with Gasteiger partial charge in [-0.25, -0.2) is 4.79 Å². The molecule has 2 N–H and O–H groups in total. The highest BCUT2D eigenvalue weighted by atomic mass is 35.5. The van der Waals surface area contributed by atoms with Gasteiger partial charge in [0.05, 0.1) is 0 Å². The Bertz CT molecular complexity index is 834. The van der Waals surface area contributed by atoms with Crippen LogP contribution in [0.25, 0.3) is 0 Å². The molecule has 0 heterocycles. The fourth-order valence-corrected chi connectivity index (χ4v) is 2.65. The van der Waals surface area contributed by atoms with Gasteiger partial charge in [0.1, 0.15) is 0 Å². The maximum absolute atomic E-state index is 12.2. The monoisotopic (exact) mass is 336 g/mol. The van der Waals surface area contributed by atoms with Gasteiger partial charge in [0.2, 0.25) is 0 Å². The number of hydrogen-bond donors (Lipinski definition) is 2. The summed E-state index contributed by atoms with van der Waals surface area (Å²) in [5, 5.41) is 6.27. The van der Waals surface area contributed by atoms with E-state index in [9.17, 15) is 4.79 Å². The highest BCUT2D eigenvalue weighted by Crippen LogP contribution is 2.20.